The second-order valence-corrected chi connectivity index (χ2v) is 7.52. The van der Waals surface area contributed by atoms with E-state index in [0.29, 0.717) is 5.69 Å². The van der Waals surface area contributed by atoms with E-state index in [1.165, 1.54) is 6.92 Å². The van der Waals surface area contributed by atoms with Crippen LogP contribution >= 0.6 is 0 Å². The maximum atomic E-state index is 11.6. The van der Waals surface area contributed by atoms with Crippen molar-refractivity contribution >= 4 is 25.7 Å². The second kappa shape index (κ2) is 6.17. The number of para-hydroxylation sites is 1. The number of hydrogen-bond acceptors (Lipinski definition) is 4. The van der Waals surface area contributed by atoms with Gasteiger partial charge in [-0.3, -0.25) is 4.72 Å². The minimum absolute atomic E-state index is 0.0703. The molecule has 2 N–H and O–H groups in total. The van der Waals surface area contributed by atoms with Gasteiger partial charge in [-0.2, -0.15) is 0 Å². The molecular weight excluding hydrogens is 276 g/mol. The highest BCUT2D eigenvalue weighted by Crippen LogP contribution is 2.07. The molecule has 0 spiro atoms. The molecular formula is C10H16N2O4S2. The van der Waals surface area contributed by atoms with Crippen LogP contribution < -0.4 is 9.44 Å². The lowest BCUT2D eigenvalue weighted by molar-refractivity contribution is 0.583. The molecule has 0 atom stereocenters. The zero-order chi connectivity index (χ0) is 13.6. The first-order valence-corrected chi connectivity index (χ1v) is 8.68. The average molecular weight is 292 g/mol. The van der Waals surface area contributed by atoms with Gasteiger partial charge >= 0.3 is 0 Å². The summed E-state index contributed by atoms with van der Waals surface area (Å²) in [5, 5.41) is 0. The topological polar surface area (TPSA) is 92.3 Å². The predicted octanol–water partition coefficient (Wildman–Crippen LogP) is 0.368. The standard InChI is InChI=1S/C10H16N2O4S2/c1-2-17(13,14)11-8-9-18(15,16)12-10-6-4-3-5-7-10/h3-7,11-12H,2,8-9H2,1H3. The number of benzene rings is 1. The second-order valence-electron chi connectivity index (χ2n) is 3.58. The molecule has 0 saturated carbocycles. The van der Waals surface area contributed by atoms with Crippen molar-refractivity contribution in [3.05, 3.63) is 30.3 Å². The zero-order valence-corrected chi connectivity index (χ0v) is 11.6. The van der Waals surface area contributed by atoms with E-state index < -0.39 is 20.0 Å². The van der Waals surface area contributed by atoms with Crippen LogP contribution in [0.3, 0.4) is 0 Å². The molecule has 0 heterocycles. The average Bonchev–Trinajstić information content (AvgIpc) is 2.29. The van der Waals surface area contributed by atoms with Gasteiger partial charge < -0.3 is 0 Å². The smallest absolute Gasteiger partial charge is 0.234 e. The van der Waals surface area contributed by atoms with Crippen LogP contribution in [-0.2, 0) is 20.0 Å². The number of hydrogen-bond donors (Lipinski definition) is 2. The quantitative estimate of drug-likeness (QED) is 0.759. The van der Waals surface area contributed by atoms with Gasteiger partial charge in [0.15, 0.2) is 0 Å². The number of anilines is 1. The van der Waals surface area contributed by atoms with E-state index in [4.69, 9.17) is 0 Å². The molecule has 0 radical (unpaired) electrons. The molecule has 0 aliphatic carbocycles. The third-order valence-corrected chi connectivity index (χ3v) is 4.81. The van der Waals surface area contributed by atoms with Crippen molar-refractivity contribution in [2.75, 3.05) is 22.8 Å². The van der Waals surface area contributed by atoms with E-state index in [-0.39, 0.29) is 18.1 Å². The van der Waals surface area contributed by atoms with E-state index in [2.05, 4.69) is 9.44 Å². The maximum Gasteiger partial charge on any atom is 0.234 e. The van der Waals surface area contributed by atoms with E-state index in [9.17, 15) is 16.8 Å². The van der Waals surface area contributed by atoms with Gasteiger partial charge in [0.25, 0.3) is 0 Å². The predicted molar refractivity (Wildman–Crippen MR) is 71.3 cm³/mol. The Labute approximate surface area is 108 Å². The monoisotopic (exact) mass is 292 g/mol. The summed E-state index contributed by atoms with van der Waals surface area (Å²) in [6.07, 6.45) is 0. The highest BCUT2D eigenvalue weighted by atomic mass is 32.2. The van der Waals surface area contributed by atoms with Gasteiger partial charge in [0, 0.05) is 12.2 Å². The minimum Gasteiger partial charge on any atom is -0.284 e. The summed E-state index contributed by atoms with van der Waals surface area (Å²) < 4.78 is 50.1. The molecule has 1 rings (SSSR count). The molecule has 18 heavy (non-hydrogen) atoms. The van der Waals surface area contributed by atoms with E-state index in [0.717, 1.165) is 0 Å². The van der Waals surface area contributed by atoms with Crippen LogP contribution in [0, 0.1) is 0 Å². The molecule has 0 amide bonds. The Hall–Kier alpha value is -1.12. The molecule has 0 aliphatic rings. The Morgan fingerprint density at radius 1 is 1.00 bits per heavy atom. The first-order chi connectivity index (χ1) is 8.35. The van der Waals surface area contributed by atoms with Crippen molar-refractivity contribution in [1.82, 2.24) is 4.72 Å². The summed E-state index contributed by atoms with van der Waals surface area (Å²) in [4.78, 5) is 0. The van der Waals surface area contributed by atoms with Crippen molar-refractivity contribution in [3.8, 4) is 0 Å². The Bertz CT molecular complexity index is 567. The van der Waals surface area contributed by atoms with Gasteiger partial charge in [0.2, 0.25) is 20.0 Å². The van der Waals surface area contributed by atoms with Crippen LogP contribution in [0.1, 0.15) is 6.92 Å². The molecule has 0 aromatic heterocycles. The molecule has 6 nitrogen and oxygen atoms in total. The van der Waals surface area contributed by atoms with Crippen molar-refractivity contribution in [3.63, 3.8) is 0 Å². The van der Waals surface area contributed by atoms with Crippen LogP contribution in [0.25, 0.3) is 0 Å². The summed E-state index contributed by atoms with van der Waals surface area (Å²) in [5.41, 5.74) is 0.454. The highest BCUT2D eigenvalue weighted by molar-refractivity contribution is 7.92. The molecule has 8 heteroatoms. The number of sulfonamides is 2. The van der Waals surface area contributed by atoms with Crippen LogP contribution in [0.15, 0.2) is 30.3 Å². The van der Waals surface area contributed by atoms with Crippen LogP contribution in [0.2, 0.25) is 0 Å². The molecule has 0 saturated heterocycles. The molecule has 0 unspecified atom stereocenters. The molecule has 0 fully saturated rings. The lowest BCUT2D eigenvalue weighted by Crippen LogP contribution is -2.32. The van der Waals surface area contributed by atoms with Crippen LogP contribution in [0.5, 0.6) is 0 Å². The lowest BCUT2D eigenvalue weighted by Gasteiger charge is -2.08. The minimum atomic E-state index is -3.54. The Kier molecular flexibility index (Phi) is 5.12. The van der Waals surface area contributed by atoms with Gasteiger partial charge in [0.05, 0.1) is 11.5 Å². The molecule has 0 bridgehead atoms. The lowest BCUT2D eigenvalue weighted by atomic mass is 10.3. The van der Waals surface area contributed by atoms with Crippen molar-refractivity contribution in [2.45, 2.75) is 6.92 Å². The number of rotatable bonds is 7. The summed E-state index contributed by atoms with van der Waals surface area (Å²) in [6.45, 7) is 1.34. The highest BCUT2D eigenvalue weighted by Gasteiger charge is 2.12. The first-order valence-electron chi connectivity index (χ1n) is 5.37. The third-order valence-electron chi connectivity index (χ3n) is 2.12. The summed E-state index contributed by atoms with van der Waals surface area (Å²) in [7, 11) is -6.90. The fourth-order valence-electron chi connectivity index (χ4n) is 1.17. The maximum absolute atomic E-state index is 11.6. The third kappa shape index (κ3) is 5.48. The molecule has 1 aromatic rings. The fourth-order valence-corrected chi connectivity index (χ4v) is 2.88. The first kappa shape index (κ1) is 14.9. The summed E-state index contributed by atoms with van der Waals surface area (Å²) in [5.74, 6) is -0.375. The van der Waals surface area contributed by atoms with E-state index in [1.807, 2.05) is 0 Å². The largest absolute Gasteiger partial charge is 0.284 e. The molecule has 0 aliphatic heterocycles. The van der Waals surface area contributed by atoms with Crippen LogP contribution in [-0.4, -0.2) is 34.9 Å². The van der Waals surface area contributed by atoms with E-state index in [1.54, 1.807) is 30.3 Å². The fraction of sp³-hybridized carbons (Fsp3) is 0.400. The van der Waals surface area contributed by atoms with Gasteiger partial charge in [-0.05, 0) is 19.1 Å². The normalized spacial score (nSPS) is 12.3. The van der Waals surface area contributed by atoms with Crippen molar-refractivity contribution < 1.29 is 16.8 Å². The van der Waals surface area contributed by atoms with Crippen molar-refractivity contribution in [1.29, 1.82) is 0 Å². The van der Waals surface area contributed by atoms with Gasteiger partial charge in [0.1, 0.15) is 0 Å². The van der Waals surface area contributed by atoms with Crippen LogP contribution in [0.4, 0.5) is 5.69 Å². The Morgan fingerprint density at radius 2 is 1.61 bits per heavy atom. The number of nitrogens with one attached hydrogen (secondary N) is 2. The SMILES string of the molecule is CCS(=O)(=O)NCCS(=O)(=O)Nc1ccccc1. The zero-order valence-electron chi connectivity index (χ0n) is 9.96. The van der Waals surface area contributed by atoms with Crippen molar-refractivity contribution in [2.24, 2.45) is 0 Å². The molecule has 102 valence electrons. The van der Waals surface area contributed by atoms with Gasteiger partial charge in [-0.1, -0.05) is 18.2 Å². The van der Waals surface area contributed by atoms with E-state index >= 15 is 0 Å². The Balaban J connectivity index is 2.51. The van der Waals surface area contributed by atoms with Gasteiger partial charge in [-0.15, -0.1) is 0 Å². The Morgan fingerprint density at radius 3 is 2.17 bits per heavy atom. The summed E-state index contributed by atoms with van der Waals surface area (Å²) >= 11 is 0. The molecule has 1 aromatic carbocycles. The summed E-state index contributed by atoms with van der Waals surface area (Å²) in [6, 6.07) is 8.42. The van der Waals surface area contributed by atoms with Gasteiger partial charge in [-0.25, -0.2) is 21.6 Å².